The smallest absolute Gasteiger partial charge is 0.337 e. The Morgan fingerprint density at radius 2 is 1.58 bits per heavy atom. The lowest BCUT2D eigenvalue weighted by Crippen LogP contribution is -2.34. The first kappa shape index (κ1) is 17.1. The Balaban J connectivity index is 1.81. The van der Waals surface area contributed by atoms with Crippen molar-refractivity contribution >= 4 is 17.8 Å². The normalized spacial score (nSPS) is 9.88. The first-order valence-electron chi connectivity index (χ1n) is 7.26. The topological polar surface area (TPSA) is 97.4 Å². The van der Waals surface area contributed by atoms with Gasteiger partial charge in [0, 0.05) is 31.0 Å². The molecule has 2 rings (SSSR count). The molecular formula is C17H17N3O4. The fourth-order valence-corrected chi connectivity index (χ4v) is 1.96. The second kappa shape index (κ2) is 8.42. The van der Waals surface area contributed by atoms with E-state index in [2.05, 4.69) is 20.4 Å². The Morgan fingerprint density at radius 3 is 2.21 bits per heavy atom. The van der Waals surface area contributed by atoms with Gasteiger partial charge in [-0.15, -0.1) is 0 Å². The minimum atomic E-state index is -0.506. The number of hydrogen-bond acceptors (Lipinski definition) is 5. The average molecular weight is 327 g/mol. The maximum Gasteiger partial charge on any atom is 0.337 e. The van der Waals surface area contributed by atoms with E-state index in [0.717, 1.165) is 0 Å². The van der Waals surface area contributed by atoms with Gasteiger partial charge in [0.25, 0.3) is 11.8 Å². The van der Waals surface area contributed by atoms with Crippen LogP contribution in [0.5, 0.6) is 0 Å². The van der Waals surface area contributed by atoms with E-state index in [0.29, 0.717) is 16.7 Å². The third kappa shape index (κ3) is 4.64. The van der Waals surface area contributed by atoms with E-state index in [1.807, 2.05) is 0 Å². The van der Waals surface area contributed by atoms with Gasteiger partial charge in [0.1, 0.15) is 0 Å². The summed E-state index contributed by atoms with van der Waals surface area (Å²) in [5.74, 6) is -1.10. The van der Waals surface area contributed by atoms with Crippen molar-refractivity contribution in [3.63, 3.8) is 0 Å². The maximum atomic E-state index is 12.0. The van der Waals surface area contributed by atoms with E-state index < -0.39 is 5.97 Å². The molecular weight excluding hydrogens is 310 g/mol. The molecule has 0 fully saturated rings. The van der Waals surface area contributed by atoms with Gasteiger partial charge in [-0.25, -0.2) is 4.79 Å². The van der Waals surface area contributed by atoms with Gasteiger partial charge in [-0.3, -0.25) is 14.6 Å². The van der Waals surface area contributed by atoms with Crippen LogP contribution in [-0.4, -0.2) is 43.0 Å². The van der Waals surface area contributed by atoms with E-state index >= 15 is 0 Å². The minimum absolute atomic E-state index is 0.257. The van der Waals surface area contributed by atoms with Crippen LogP contribution in [0.25, 0.3) is 0 Å². The molecule has 1 aromatic heterocycles. The molecule has 2 amide bonds. The number of nitrogens with zero attached hydrogens (tertiary/aromatic N) is 1. The molecule has 1 heterocycles. The number of hydrogen-bond donors (Lipinski definition) is 2. The Morgan fingerprint density at radius 1 is 0.958 bits per heavy atom. The molecule has 2 aromatic rings. The first-order valence-corrected chi connectivity index (χ1v) is 7.26. The fraction of sp³-hybridized carbons (Fsp3) is 0.176. The number of pyridine rings is 1. The lowest BCUT2D eigenvalue weighted by atomic mass is 10.1. The largest absolute Gasteiger partial charge is 0.465 e. The lowest BCUT2D eigenvalue weighted by Gasteiger charge is -2.08. The molecule has 124 valence electrons. The number of ether oxygens (including phenoxy) is 1. The van der Waals surface area contributed by atoms with Gasteiger partial charge in [-0.1, -0.05) is 6.07 Å². The standard InChI is InChI=1S/C17H17N3O4/c1-24-17(23)13-5-2-4-12(10-13)15(21)19-8-9-20-16(22)14-6-3-7-18-11-14/h2-7,10-11H,8-9H2,1H3,(H,19,21)(H,20,22). The van der Waals surface area contributed by atoms with Crippen LogP contribution in [-0.2, 0) is 4.74 Å². The molecule has 0 saturated heterocycles. The van der Waals surface area contributed by atoms with Crippen LogP contribution in [0.1, 0.15) is 31.1 Å². The average Bonchev–Trinajstić information content (AvgIpc) is 2.65. The second-order valence-corrected chi connectivity index (χ2v) is 4.83. The molecule has 0 radical (unpaired) electrons. The van der Waals surface area contributed by atoms with E-state index in [9.17, 15) is 14.4 Å². The van der Waals surface area contributed by atoms with Crippen LogP contribution in [0.2, 0.25) is 0 Å². The molecule has 24 heavy (non-hydrogen) atoms. The molecule has 0 aliphatic rings. The summed E-state index contributed by atoms with van der Waals surface area (Å²) < 4.78 is 4.61. The Bertz CT molecular complexity index is 732. The van der Waals surface area contributed by atoms with Crippen LogP contribution < -0.4 is 10.6 Å². The predicted molar refractivity (Wildman–Crippen MR) is 86.7 cm³/mol. The van der Waals surface area contributed by atoms with E-state index in [1.54, 1.807) is 36.5 Å². The second-order valence-electron chi connectivity index (χ2n) is 4.83. The van der Waals surface area contributed by atoms with Gasteiger partial charge < -0.3 is 15.4 Å². The number of benzene rings is 1. The van der Waals surface area contributed by atoms with Gasteiger partial charge >= 0.3 is 5.97 Å². The molecule has 0 bridgehead atoms. The summed E-state index contributed by atoms with van der Waals surface area (Å²) in [6.07, 6.45) is 3.05. The van der Waals surface area contributed by atoms with Gasteiger partial charge in [-0.05, 0) is 30.3 Å². The molecule has 0 atom stereocenters. The van der Waals surface area contributed by atoms with Crippen molar-refractivity contribution < 1.29 is 19.1 Å². The highest BCUT2D eigenvalue weighted by atomic mass is 16.5. The molecule has 1 aromatic carbocycles. The van der Waals surface area contributed by atoms with Crippen molar-refractivity contribution in [3.05, 3.63) is 65.5 Å². The predicted octanol–water partition coefficient (Wildman–Crippen LogP) is 1.03. The summed E-state index contributed by atoms with van der Waals surface area (Å²) in [5, 5.41) is 5.35. The molecule has 2 N–H and O–H groups in total. The van der Waals surface area contributed by atoms with Crippen LogP contribution >= 0.6 is 0 Å². The summed E-state index contributed by atoms with van der Waals surface area (Å²) in [6, 6.07) is 9.54. The Kier molecular flexibility index (Phi) is 6.01. The van der Waals surface area contributed by atoms with Gasteiger partial charge in [0.05, 0.1) is 18.2 Å². The van der Waals surface area contributed by atoms with Gasteiger partial charge in [0.2, 0.25) is 0 Å². The van der Waals surface area contributed by atoms with Gasteiger partial charge in [-0.2, -0.15) is 0 Å². The fourth-order valence-electron chi connectivity index (χ4n) is 1.96. The maximum absolute atomic E-state index is 12.0. The molecule has 0 saturated carbocycles. The summed E-state index contributed by atoms with van der Waals surface area (Å²) >= 11 is 0. The lowest BCUT2D eigenvalue weighted by molar-refractivity contribution is 0.0600. The van der Waals surface area contributed by atoms with E-state index in [1.165, 1.54) is 19.4 Å². The number of nitrogens with one attached hydrogen (secondary N) is 2. The summed E-state index contributed by atoms with van der Waals surface area (Å²) in [4.78, 5) is 39.1. The monoisotopic (exact) mass is 327 g/mol. The van der Waals surface area contributed by atoms with Crippen molar-refractivity contribution in [1.82, 2.24) is 15.6 Å². The molecule has 0 aliphatic carbocycles. The molecule has 7 heteroatoms. The number of methoxy groups -OCH3 is 1. The zero-order valence-electron chi connectivity index (χ0n) is 13.1. The van der Waals surface area contributed by atoms with Crippen LogP contribution in [0.4, 0.5) is 0 Å². The third-order valence-electron chi connectivity index (χ3n) is 3.17. The SMILES string of the molecule is COC(=O)c1cccc(C(=O)NCCNC(=O)c2cccnc2)c1. The van der Waals surface area contributed by atoms with Crippen molar-refractivity contribution in [3.8, 4) is 0 Å². The van der Waals surface area contributed by atoms with Crippen molar-refractivity contribution in [2.45, 2.75) is 0 Å². The summed E-state index contributed by atoms with van der Waals surface area (Å²) in [6.45, 7) is 0.531. The zero-order chi connectivity index (χ0) is 17.4. The number of esters is 1. The first-order chi connectivity index (χ1) is 11.6. The van der Waals surface area contributed by atoms with Crippen molar-refractivity contribution in [2.24, 2.45) is 0 Å². The highest BCUT2D eigenvalue weighted by Gasteiger charge is 2.10. The number of aromatic nitrogens is 1. The Labute approximate surface area is 139 Å². The molecule has 0 aliphatic heterocycles. The molecule has 0 unspecified atom stereocenters. The number of rotatable bonds is 6. The third-order valence-corrected chi connectivity index (χ3v) is 3.17. The number of carbonyl (C=O) groups is 3. The van der Waals surface area contributed by atoms with Crippen LogP contribution in [0, 0.1) is 0 Å². The van der Waals surface area contributed by atoms with Crippen molar-refractivity contribution in [2.75, 3.05) is 20.2 Å². The Hall–Kier alpha value is -3.22. The number of carbonyl (C=O) groups excluding carboxylic acids is 3. The van der Waals surface area contributed by atoms with E-state index in [-0.39, 0.29) is 24.9 Å². The summed E-state index contributed by atoms with van der Waals surface area (Å²) in [5.41, 5.74) is 1.10. The summed E-state index contributed by atoms with van der Waals surface area (Å²) in [7, 11) is 1.28. The molecule has 0 spiro atoms. The highest BCUT2D eigenvalue weighted by Crippen LogP contribution is 2.06. The minimum Gasteiger partial charge on any atom is -0.465 e. The van der Waals surface area contributed by atoms with Crippen LogP contribution in [0.15, 0.2) is 48.8 Å². The highest BCUT2D eigenvalue weighted by molar-refractivity contribution is 5.98. The van der Waals surface area contributed by atoms with Crippen LogP contribution in [0.3, 0.4) is 0 Å². The number of amides is 2. The van der Waals surface area contributed by atoms with Gasteiger partial charge in [0.15, 0.2) is 0 Å². The molecule has 7 nitrogen and oxygen atoms in total. The van der Waals surface area contributed by atoms with E-state index in [4.69, 9.17) is 0 Å². The van der Waals surface area contributed by atoms with Crippen molar-refractivity contribution in [1.29, 1.82) is 0 Å². The quantitative estimate of drug-likeness (QED) is 0.610. The zero-order valence-corrected chi connectivity index (χ0v) is 13.1.